The summed E-state index contributed by atoms with van der Waals surface area (Å²) >= 11 is 1.97. The molecule has 0 saturated carbocycles. The molecule has 0 aliphatic carbocycles. The third kappa shape index (κ3) is 6.27. The van der Waals surface area contributed by atoms with Crippen LogP contribution in [-0.2, 0) is 0 Å². The van der Waals surface area contributed by atoms with Crippen LogP contribution >= 0.6 is 15.9 Å². The molecule has 0 aromatic heterocycles. The molecule has 44 valence electrons. The largest absolute Gasteiger partial charge is 0.303 e. The predicted molar refractivity (Wildman–Crippen MR) is 24.5 cm³/mol. The molecule has 0 fully saturated rings. The Hall–Kier alpha value is 0.270. The van der Waals surface area contributed by atoms with Crippen LogP contribution in [0.25, 0.3) is 0 Å². The molecule has 0 aliphatic rings. The van der Waals surface area contributed by atoms with Crippen LogP contribution in [-0.4, -0.2) is 11.5 Å². The van der Waals surface area contributed by atoms with Gasteiger partial charge in [0.15, 0.2) is 0 Å². The van der Waals surface area contributed by atoms with Crippen LogP contribution in [0.3, 0.4) is 0 Å². The molecule has 0 N–H and O–H groups in total. The maximum absolute atomic E-state index is 11.4. The number of rotatable bonds is 2. The summed E-state index contributed by atoms with van der Waals surface area (Å²) in [4.78, 5) is -3.01. The SMILES string of the molecule is FCCC(F)(F)Br. The summed E-state index contributed by atoms with van der Waals surface area (Å²) in [6.07, 6.45) is -0.743. The van der Waals surface area contributed by atoms with Crippen molar-refractivity contribution in [3.05, 3.63) is 0 Å². The van der Waals surface area contributed by atoms with Crippen molar-refractivity contribution in [3.63, 3.8) is 0 Å². The summed E-state index contributed by atoms with van der Waals surface area (Å²) in [5.74, 6) is 0. The number of halogens is 4. The predicted octanol–water partition coefficient (Wildman–Crippen LogP) is 2.33. The Morgan fingerprint density at radius 3 is 1.86 bits per heavy atom. The van der Waals surface area contributed by atoms with Crippen molar-refractivity contribution >= 4 is 15.9 Å². The molecule has 0 heterocycles. The normalized spacial score (nSPS) is 12.0. The van der Waals surface area contributed by atoms with Gasteiger partial charge in [-0.05, 0) is 15.9 Å². The van der Waals surface area contributed by atoms with Crippen molar-refractivity contribution in [3.8, 4) is 0 Å². The van der Waals surface area contributed by atoms with Gasteiger partial charge in [0, 0.05) is 0 Å². The minimum absolute atomic E-state index is 0.743. The van der Waals surface area contributed by atoms with Crippen molar-refractivity contribution in [1.29, 1.82) is 0 Å². The smallest absolute Gasteiger partial charge is 0.251 e. The molecular weight excluding hydrogens is 173 g/mol. The first-order chi connectivity index (χ1) is 3.06. The van der Waals surface area contributed by atoms with Gasteiger partial charge >= 0.3 is 4.83 Å². The minimum Gasteiger partial charge on any atom is -0.251 e. The Morgan fingerprint density at radius 2 is 1.86 bits per heavy atom. The van der Waals surface area contributed by atoms with Gasteiger partial charge in [-0.25, -0.2) is 0 Å². The first-order valence-electron chi connectivity index (χ1n) is 1.69. The van der Waals surface area contributed by atoms with Crippen molar-refractivity contribution in [1.82, 2.24) is 0 Å². The highest BCUT2D eigenvalue weighted by Gasteiger charge is 2.22. The highest BCUT2D eigenvalue weighted by Crippen LogP contribution is 2.25. The Kier molecular flexibility index (Phi) is 2.64. The van der Waals surface area contributed by atoms with E-state index in [1.54, 1.807) is 0 Å². The van der Waals surface area contributed by atoms with E-state index in [0.717, 1.165) is 0 Å². The number of hydrogen-bond acceptors (Lipinski definition) is 0. The lowest BCUT2D eigenvalue weighted by molar-refractivity contribution is 0.0952. The highest BCUT2D eigenvalue weighted by atomic mass is 79.9. The van der Waals surface area contributed by atoms with Gasteiger partial charge in [0.2, 0.25) is 0 Å². The first kappa shape index (κ1) is 7.27. The average Bonchev–Trinajstić information content (AvgIpc) is 1.30. The molecule has 4 heteroatoms. The zero-order valence-electron chi connectivity index (χ0n) is 3.43. The van der Waals surface area contributed by atoms with Crippen LogP contribution in [0.1, 0.15) is 6.42 Å². The van der Waals surface area contributed by atoms with E-state index in [2.05, 4.69) is 0 Å². The van der Waals surface area contributed by atoms with Crippen molar-refractivity contribution in [2.24, 2.45) is 0 Å². The van der Waals surface area contributed by atoms with E-state index in [1.807, 2.05) is 15.9 Å². The Balaban J connectivity index is 3.15. The summed E-state index contributed by atoms with van der Waals surface area (Å²) < 4.78 is 33.8. The highest BCUT2D eigenvalue weighted by molar-refractivity contribution is 9.09. The third-order valence-electron chi connectivity index (χ3n) is 0.378. The molecule has 0 unspecified atom stereocenters. The molecule has 0 aromatic carbocycles. The molecule has 0 amide bonds. The molecule has 0 atom stereocenters. The zero-order chi connectivity index (χ0) is 5.91. The van der Waals surface area contributed by atoms with Gasteiger partial charge in [0.25, 0.3) is 0 Å². The molecule has 0 bridgehead atoms. The lowest BCUT2D eigenvalue weighted by Gasteiger charge is -2.01. The third-order valence-corrected chi connectivity index (χ3v) is 0.774. The van der Waals surface area contributed by atoms with Gasteiger partial charge in [-0.3, -0.25) is 4.39 Å². The van der Waals surface area contributed by atoms with E-state index in [9.17, 15) is 13.2 Å². The van der Waals surface area contributed by atoms with E-state index in [1.165, 1.54) is 0 Å². The van der Waals surface area contributed by atoms with Gasteiger partial charge in [-0.2, -0.15) is 8.78 Å². The van der Waals surface area contributed by atoms with E-state index in [0.29, 0.717) is 0 Å². The van der Waals surface area contributed by atoms with Gasteiger partial charge in [0.1, 0.15) is 0 Å². The number of hydrogen-bond donors (Lipinski definition) is 0. The summed E-state index contributed by atoms with van der Waals surface area (Å²) in [6, 6.07) is 0. The van der Waals surface area contributed by atoms with Crippen molar-refractivity contribution < 1.29 is 13.2 Å². The van der Waals surface area contributed by atoms with Crippen LogP contribution in [0.2, 0.25) is 0 Å². The minimum atomic E-state index is -3.01. The summed E-state index contributed by atoms with van der Waals surface area (Å²) in [6.45, 7) is -0.988. The monoisotopic (exact) mass is 176 g/mol. The zero-order valence-corrected chi connectivity index (χ0v) is 5.01. The van der Waals surface area contributed by atoms with E-state index < -0.39 is 17.9 Å². The maximum atomic E-state index is 11.4. The van der Waals surface area contributed by atoms with E-state index in [-0.39, 0.29) is 0 Å². The van der Waals surface area contributed by atoms with Crippen LogP contribution in [0.5, 0.6) is 0 Å². The van der Waals surface area contributed by atoms with E-state index >= 15 is 0 Å². The maximum Gasteiger partial charge on any atom is 0.303 e. The average molecular weight is 177 g/mol. The second-order valence-electron chi connectivity index (χ2n) is 1.05. The summed E-state index contributed by atoms with van der Waals surface area (Å²) in [5.41, 5.74) is 0. The molecule has 0 nitrogen and oxygen atoms in total. The Morgan fingerprint density at radius 1 is 1.43 bits per heavy atom. The van der Waals surface area contributed by atoms with Crippen LogP contribution in [0.4, 0.5) is 13.2 Å². The van der Waals surface area contributed by atoms with Crippen molar-refractivity contribution in [2.45, 2.75) is 11.3 Å². The van der Waals surface area contributed by atoms with Crippen LogP contribution < -0.4 is 0 Å². The van der Waals surface area contributed by atoms with Crippen LogP contribution in [0.15, 0.2) is 0 Å². The molecular formula is C3H4BrF3. The first-order valence-corrected chi connectivity index (χ1v) is 2.48. The molecule has 0 radical (unpaired) electrons. The Labute approximate surface area is 47.8 Å². The topological polar surface area (TPSA) is 0 Å². The van der Waals surface area contributed by atoms with Gasteiger partial charge < -0.3 is 0 Å². The fraction of sp³-hybridized carbons (Fsp3) is 1.00. The number of alkyl halides is 4. The van der Waals surface area contributed by atoms with Crippen LogP contribution in [0, 0.1) is 0 Å². The molecule has 0 aromatic rings. The standard InChI is InChI=1S/C3H4BrF3/c4-3(6,7)1-2-5/h1-2H2. The van der Waals surface area contributed by atoms with E-state index in [4.69, 9.17) is 0 Å². The quantitative estimate of drug-likeness (QED) is 0.567. The van der Waals surface area contributed by atoms with Gasteiger partial charge in [0.05, 0.1) is 13.1 Å². The fourth-order valence-electron chi connectivity index (χ4n) is 0.107. The molecule has 0 rings (SSSR count). The second-order valence-corrected chi connectivity index (χ2v) is 2.21. The molecule has 0 aliphatic heterocycles. The lowest BCUT2D eigenvalue weighted by atomic mass is 10.5. The van der Waals surface area contributed by atoms with Gasteiger partial charge in [-0.15, -0.1) is 0 Å². The summed E-state index contributed by atoms with van der Waals surface area (Å²) in [7, 11) is 0. The summed E-state index contributed by atoms with van der Waals surface area (Å²) in [5, 5.41) is 0. The fourth-order valence-corrected chi connectivity index (χ4v) is 0.257. The molecule has 0 spiro atoms. The molecule has 0 saturated heterocycles. The Bertz CT molecular complexity index is 48.6. The van der Waals surface area contributed by atoms with Gasteiger partial charge in [-0.1, -0.05) is 0 Å². The second kappa shape index (κ2) is 2.55. The molecule has 7 heavy (non-hydrogen) atoms. The lowest BCUT2D eigenvalue weighted by Crippen LogP contribution is -2.04. The van der Waals surface area contributed by atoms with Crippen molar-refractivity contribution in [2.75, 3.05) is 6.67 Å².